The number of amidine groups is 1. The minimum absolute atomic E-state index is 0.0633. The zero-order valence-corrected chi connectivity index (χ0v) is 10.2. The maximum Gasteiger partial charge on any atom is 0.201 e. The van der Waals surface area contributed by atoms with Gasteiger partial charge in [-0.25, -0.2) is 4.39 Å². The zero-order valence-electron chi connectivity index (χ0n) is 10.2. The molecule has 0 aliphatic carbocycles. The molecular weight excluding hydrogens is 250 g/mol. The Morgan fingerprint density at radius 1 is 1.16 bits per heavy atom. The van der Waals surface area contributed by atoms with Gasteiger partial charge in [-0.05, 0) is 42.8 Å². The van der Waals surface area contributed by atoms with Crippen LogP contribution in [-0.4, -0.2) is 5.84 Å². The maximum atomic E-state index is 13.5. The molecule has 0 aromatic heterocycles. The monoisotopic (exact) mass is 262 g/mol. The maximum absolute atomic E-state index is 13.5. The van der Waals surface area contributed by atoms with Gasteiger partial charge in [0.1, 0.15) is 11.6 Å². The molecule has 98 valence electrons. The van der Waals surface area contributed by atoms with Crippen molar-refractivity contribution >= 4 is 5.84 Å². The molecule has 2 aromatic rings. The summed E-state index contributed by atoms with van der Waals surface area (Å²) in [5.41, 5.74) is 6.59. The fraction of sp³-hybridized carbons (Fsp3) is 0.0714. The van der Waals surface area contributed by atoms with Gasteiger partial charge < -0.3 is 10.5 Å². The lowest BCUT2D eigenvalue weighted by atomic mass is 10.1. The second kappa shape index (κ2) is 5.06. The van der Waals surface area contributed by atoms with E-state index in [0.717, 1.165) is 6.07 Å². The Kier molecular flexibility index (Phi) is 3.46. The van der Waals surface area contributed by atoms with Gasteiger partial charge in [-0.1, -0.05) is 6.07 Å². The van der Waals surface area contributed by atoms with Gasteiger partial charge >= 0.3 is 0 Å². The van der Waals surface area contributed by atoms with Crippen LogP contribution in [0.4, 0.5) is 8.78 Å². The van der Waals surface area contributed by atoms with E-state index in [-0.39, 0.29) is 11.6 Å². The van der Waals surface area contributed by atoms with Crippen LogP contribution in [0.25, 0.3) is 0 Å². The molecule has 0 spiro atoms. The molecule has 5 heteroatoms. The van der Waals surface area contributed by atoms with Crippen molar-refractivity contribution < 1.29 is 13.5 Å². The molecule has 0 atom stereocenters. The highest BCUT2D eigenvalue weighted by atomic mass is 19.2. The molecule has 0 saturated heterocycles. The number of hydrogen-bond acceptors (Lipinski definition) is 2. The number of nitrogens with one attached hydrogen (secondary N) is 1. The van der Waals surface area contributed by atoms with Gasteiger partial charge in [0.25, 0.3) is 0 Å². The summed E-state index contributed by atoms with van der Waals surface area (Å²) in [5.74, 6) is -1.85. The van der Waals surface area contributed by atoms with Crippen LogP contribution in [0.5, 0.6) is 11.5 Å². The van der Waals surface area contributed by atoms with Gasteiger partial charge in [0.05, 0.1) is 0 Å². The summed E-state index contributed by atoms with van der Waals surface area (Å²) < 4.78 is 31.9. The van der Waals surface area contributed by atoms with Crippen molar-refractivity contribution in [1.82, 2.24) is 0 Å². The van der Waals surface area contributed by atoms with Crippen molar-refractivity contribution in [2.75, 3.05) is 0 Å². The van der Waals surface area contributed by atoms with Crippen molar-refractivity contribution in [2.24, 2.45) is 5.73 Å². The number of hydrogen-bond donors (Lipinski definition) is 2. The van der Waals surface area contributed by atoms with Gasteiger partial charge in [0, 0.05) is 5.56 Å². The van der Waals surface area contributed by atoms with E-state index in [1.165, 1.54) is 12.1 Å². The first-order valence-corrected chi connectivity index (χ1v) is 5.56. The van der Waals surface area contributed by atoms with Crippen LogP contribution in [0.1, 0.15) is 11.1 Å². The van der Waals surface area contributed by atoms with E-state index >= 15 is 0 Å². The van der Waals surface area contributed by atoms with Crippen molar-refractivity contribution in [1.29, 1.82) is 5.41 Å². The molecule has 0 aliphatic heterocycles. The summed E-state index contributed by atoms with van der Waals surface area (Å²) in [6.45, 7) is 1.74. The van der Waals surface area contributed by atoms with E-state index in [1.807, 2.05) is 0 Å². The summed E-state index contributed by atoms with van der Waals surface area (Å²) in [6.07, 6.45) is 0. The van der Waals surface area contributed by atoms with Crippen molar-refractivity contribution in [3.63, 3.8) is 0 Å². The Bertz CT molecular complexity index is 641. The number of benzene rings is 2. The van der Waals surface area contributed by atoms with Crippen molar-refractivity contribution in [2.45, 2.75) is 6.92 Å². The van der Waals surface area contributed by atoms with Gasteiger partial charge in [0.2, 0.25) is 5.82 Å². The second-order valence-electron chi connectivity index (χ2n) is 4.05. The minimum Gasteiger partial charge on any atom is -0.454 e. The summed E-state index contributed by atoms with van der Waals surface area (Å²) in [4.78, 5) is 0. The van der Waals surface area contributed by atoms with Crippen molar-refractivity contribution in [3.05, 3.63) is 59.2 Å². The average molecular weight is 262 g/mol. The summed E-state index contributed by atoms with van der Waals surface area (Å²) in [7, 11) is 0. The second-order valence-corrected chi connectivity index (χ2v) is 4.05. The van der Waals surface area contributed by atoms with E-state index in [9.17, 15) is 8.78 Å². The highest BCUT2D eigenvalue weighted by Crippen LogP contribution is 2.28. The number of halogens is 2. The van der Waals surface area contributed by atoms with Crippen LogP contribution in [0, 0.1) is 24.0 Å². The Balaban J connectivity index is 2.34. The van der Waals surface area contributed by atoms with Crippen LogP contribution in [0.15, 0.2) is 36.4 Å². The Labute approximate surface area is 109 Å². The third kappa shape index (κ3) is 2.70. The largest absolute Gasteiger partial charge is 0.454 e. The SMILES string of the molecule is Cc1cc(C(=N)N)ccc1Oc1cccc(F)c1F. The number of nitrogens with two attached hydrogens (primary N) is 1. The summed E-state index contributed by atoms with van der Waals surface area (Å²) >= 11 is 0. The zero-order chi connectivity index (χ0) is 14.0. The number of ether oxygens (including phenoxy) is 1. The minimum atomic E-state index is -1.03. The van der Waals surface area contributed by atoms with Crippen LogP contribution in [0.3, 0.4) is 0 Å². The molecule has 0 unspecified atom stereocenters. The molecule has 19 heavy (non-hydrogen) atoms. The highest BCUT2D eigenvalue weighted by Gasteiger charge is 2.11. The van der Waals surface area contributed by atoms with E-state index < -0.39 is 11.6 Å². The van der Waals surface area contributed by atoms with Gasteiger partial charge in [-0.2, -0.15) is 4.39 Å². The lowest BCUT2D eigenvalue weighted by molar-refractivity contribution is 0.414. The van der Waals surface area contributed by atoms with E-state index in [1.54, 1.807) is 25.1 Å². The third-order valence-electron chi connectivity index (χ3n) is 2.62. The van der Waals surface area contributed by atoms with Crippen LogP contribution < -0.4 is 10.5 Å². The summed E-state index contributed by atoms with van der Waals surface area (Å²) in [6, 6.07) is 8.53. The molecule has 0 radical (unpaired) electrons. The molecule has 0 bridgehead atoms. The molecule has 2 aromatic carbocycles. The number of nitrogen functional groups attached to an aromatic ring is 1. The molecule has 3 N–H and O–H groups in total. The highest BCUT2D eigenvalue weighted by molar-refractivity contribution is 5.95. The van der Waals surface area contributed by atoms with Gasteiger partial charge in [0.15, 0.2) is 11.6 Å². The fourth-order valence-electron chi connectivity index (χ4n) is 1.61. The van der Waals surface area contributed by atoms with E-state index in [4.69, 9.17) is 15.9 Å². The number of aryl methyl sites for hydroxylation is 1. The Morgan fingerprint density at radius 2 is 1.89 bits per heavy atom. The smallest absolute Gasteiger partial charge is 0.201 e. The fourth-order valence-corrected chi connectivity index (χ4v) is 1.61. The predicted octanol–water partition coefficient (Wildman–Crippen LogP) is 3.35. The van der Waals surface area contributed by atoms with Crippen molar-refractivity contribution in [3.8, 4) is 11.5 Å². The third-order valence-corrected chi connectivity index (χ3v) is 2.62. The quantitative estimate of drug-likeness (QED) is 0.658. The molecule has 0 aliphatic rings. The van der Waals surface area contributed by atoms with Gasteiger partial charge in [-0.15, -0.1) is 0 Å². The van der Waals surface area contributed by atoms with E-state index in [2.05, 4.69) is 0 Å². The van der Waals surface area contributed by atoms with Gasteiger partial charge in [-0.3, -0.25) is 5.41 Å². The molecule has 0 saturated carbocycles. The normalized spacial score (nSPS) is 10.3. The number of rotatable bonds is 3. The first-order valence-electron chi connectivity index (χ1n) is 5.56. The standard InChI is InChI=1S/C14H12F2N2O/c1-8-7-9(14(17)18)5-6-11(8)19-12-4-2-3-10(15)13(12)16/h2-7H,1H3,(H3,17,18). The molecule has 3 nitrogen and oxygen atoms in total. The Morgan fingerprint density at radius 3 is 2.53 bits per heavy atom. The molecule has 0 fully saturated rings. The molecular formula is C14H12F2N2O. The molecule has 0 amide bonds. The first kappa shape index (κ1) is 13.0. The first-order chi connectivity index (χ1) is 8.99. The lowest BCUT2D eigenvalue weighted by Gasteiger charge is -2.10. The Hall–Kier alpha value is -2.43. The van der Waals surface area contributed by atoms with Crippen LogP contribution in [0.2, 0.25) is 0 Å². The molecule has 2 rings (SSSR count). The van der Waals surface area contributed by atoms with Crippen LogP contribution in [-0.2, 0) is 0 Å². The van der Waals surface area contributed by atoms with E-state index in [0.29, 0.717) is 16.9 Å². The summed E-state index contributed by atoms with van der Waals surface area (Å²) in [5, 5.41) is 7.31. The van der Waals surface area contributed by atoms with Crippen LogP contribution >= 0.6 is 0 Å². The molecule has 0 heterocycles. The predicted molar refractivity (Wildman–Crippen MR) is 68.6 cm³/mol. The topological polar surface area (TPSA) is 59.1 Å². The lowest BCUT2D eigenvalue weighted by Crippen LogP contribution is -2.11. The average Bonchev–Trinajstić information content (AvgIpc) is 2.37.